The molecule has 0 unspecified atom stereocenters. The Morgan fingerprint density at radius 1 is 0.947 bits per heavy atom. The van der Waals surface area contributed by atoms with Gasteiger partial charge in [0.15, 0.2) is 0 Å². The molecule has 0 radical (unpaired) electrons. The summed E-state index contributed by atoms with van der Waals surface area (Å²) in [6.07, 6.45) is -0.680. The molecule has 11 heteroatoms. The summed E-state index contributed by atoms with van der Waals surface area (Å²) in [6.45, 7) is 0. The SMILES string of the molecule is COc1cc(F)ccc1-c1cc(C(F)(F)F)ccc1[C@H]1CCc2cc(S(=O)(=O)Nc3ncccn3)ccc21. The van der Waals surface area contributed by atoms with Crippen LogP contribution in [0.25, 0.3) is 11.1 Å². The highest BCUT2D eigenvalue weighted by atomic mass is 32.2. The minimum Gasteiger partial charge on any atom is -0.496 e. The molecule has 0 bridgehead atoms. The van der Waals surface area contributed by atoms with Crippen molar-refractivity contribution in [3.8, 4) is 16.9 Å². The van der Waals surface area contributed by atoms with Gasteiger partial charge < -0.3 is 4.74 Å². The Balaban J connectivity index is 1.57. The van der Waals surface area contributed by atoms with Crippen LogP contribution < -0.4 is 9.46 Å². The standard InChI is InChI=1S/C27H21F4N3O3S/c1-37-25-15-18(28)5-9-23(25)24-14-17(27(29,30)31)4-8-22(24)21-7-3-16-13-19(6-10-20(16)21)38(35,36)34-26-32-11-2-12-33-26/h2,4-6,8-15,21H,3,7H2,1H3,(H,32,33,34)/t21-/m0/s1. The Labute approximate surface area is 216 Å². The molecule has 0 saturated heterocycles. The Morgan fingerprint density at radius 2 is 1.68 bits per heavy atom. The van der Waals surface area contributed by atoms with Crippen LogP contribution in [-0.2, 0) is 22.6 Å². The first-order valence-corrected chi connectivity index (χ1v) is 13.0. The van der Waals surface area contributed by atoms with Gasteiger partial charge in [-0.25, -0.2) is 27.5 Å². The topological polar surface area (TPSA) is 81.2 Å². The molecule has 0 amide bonds. The van der Waals surface area contributed by atoms with E-state index in [9.17, 15) is 26.0 Å². The van der Waals surface area contributed by atoms with Crippen molar-refractivity contribution in [1.29, 1.82) is 0 Å². The van der Waals surface area contributed by atoms with Crippen molar-refractivity contribution in [3.05, 3.63) is 101 Å². The average Bonchev–Trinajstić information content (AvgIpc) is 3.31. The molecular formula is C27H21F4N3O3S. The predicted octanol–water partition coefficient (Wildman–Crippen LogP) is 6.19. The lowest BCUT2D eigenvalue weighted by atomic mass is 9.85. The van der Waals surface area contributed by atoms with Crippen LogP contribution in [0.15, 0.2) is 78.0 Å². The summed E-state index contributed by atoms with van der Waals surface area (Å²) < 4.78 is 88.1. The van der Waals surface area contributed by atoms with Crippen LogP contribution in [0, 0.1) is 5.82 Å². The number of rotatable bonds is 6. The van der Waals surface area contributed by atoms with Gasteiger partial charge >= 0.3 is 6.18 Å². The second kappa shape index (κ2) is 9.71. The molecule has 0 fully saturated rings. The lowest BCUT2D eigenvalue weighted by molar-refractivity contribution is -0.137. The van der Waals surface area contributed by atoms with E-state index < -0.39 is 27.6 Å². The number of benzene rings is 3. The number of nitrogens with zero attached hydrogens (tertiary/aromatic N) is 2. The minimum atomic E-state index is -4.58. The highest BCUT2D eigenvalue weighted by Crippen LogP contribution is 2.46. The van der Waals surface area contributed by atoms with Gasteiger partial charge in [0.2, 0.25) is 5.95 Å². The van der Waals surface area contributed by atoms with Crippen molar-refractivity contribution >= 4 is 16.0 Å². The molecule has 1 aliphatic rings. The number of aryl methyl sites for hydroxylation is 1. The van der Waals surface area contributed by atoms with Crippen molar-refractivity contribution in [2.75, 3.05) is 11.8 Å². The maximum atomic E-state index is 13.9. The molecule has 0 spiro atoms. The fourth-order valence-corrected chi connectivity index (χ4v) is 5.78. The first-order valence-electron chi connectivity index (χ1n) is 11.5. The normalized spacial score (nSPS) is 15.2. The van der Waals surface area contributed by atoms with Crippen LogP contribution in [0.1, 0.15) is 34.6 Å². The quantitative estimate of drug-likeness (QED) is 0.294. The molecule has 1 N–H and O–H groups in total. The van der Waals surface area contributed by atoms with Gasteiger partial charge in [-0.05, 0) is 77.6 Å². The van der Waals surface area contributed by atoms with Gasteiger partial charge in [-0.1, -0.05) is 12.1 Å². The number of methoxy groups -OCH3 is 1. The van der Waals surface area contributed by atoms with E-state index >= 15 is 0 Å². The lowest BCUT2D eigenvalue weighted by Crippen LogP contribution is -2.15. The molecule has 0 aliphatic heterocycles. The van der Waals surface area contributed by atoms with Crippen LogP contribution in [0.3, 0.4) is 0 Å². The number of ether oxygens (including phenoxy) is 1. The average molecular weight is 544 g/mol. The Morgan fingerprint density at radius 3 is 2.39 bits per heavy atom. The summed E-state index contributed by atoms with van der Waals surface area (Å²) in [7, 11) is -2.63. The van der Waals surface area contributed by atoms with E-state index in [1.165, 1.54) is 43.8 Å². The van der Waals surface area contributed by atoms with Gasteiger partial charge in [0.25, 0.3) is 10.0 Å². The van der Waals surface area contributed by atoms with E-state index in [1.54, 1.807) is 18.2 Å². The van der Waals surface area contributed by atoms with Crippen LogP contribution in [0.2, 0.25) is 0 Å². The molecule has 0 saturated carbocycles. The summed E-state index contributed by atoms with van der Waals surface area (Å²) in [6, 6.07) is 13.4. The molecule has 3 aromatic carbocycles. The molecule has 1 atom stereocenters. The second-order valence-corrected chi connectivity index (χ2v) is 10.5. The molecule has 4 aromatic rings. The zero-order valence-corrected chi connectivity index (χ0v) is 20.8. The molecular weight excluding hydrogens is 522 g/mol. The van der Waals surface area contributed by atoms with Crippen LogP contribution >= 0.6 is 0 Å². The maximum absolute atomic E-state index is 13.9. The van der Waals surface area contributed by atoms with Crippen molar-refractivity contribution in [2.24, 2.45) is 0 Å². The maximum Gasteiger partial charge on any atom is 0.416 e. The van der Waals surface area contributed by atoms with Crippen molar-refractivity contribution in [1.82, 2.24) is 9.97 Å². The molecule has 6 nitrogen and oxygen atoms in total. The number of nitrogens with one attached hydrogen (secondary N) is 1. The summed E-state index contributed by atoms with van der Waals surface area (Å²) in [5.74, 6) is -0.833. The molecule has 38 heavy (non-hydrogen) atoms. The smallest absolute Gasteiger partial charge is 0.416 e. The number of anilines is 1. The van der Waals surface area contributed by atoms with Gasteiger partial charge in [-0.3, -0.25) is 0 Å². The van der Waals surface area contributed by atoms with Gasteiger partial charge in [-0.2, -0.15) is 13.2 Å². The third kappa shape index (κ3) is 4.93. The van der Waals surface area contributed by atoms with Gasteiger partial charge in [0, 0.05) is 29.9 Å². The van der Waals surface area contributed by atoms with Crippen LogP contribution in [-0.4, -0.2) is 25.5 Å². The fraction of sp³-hybridized carbons (Fsp3) is 0.185. The van der Waals surface area contributed by atoms with E-state index in [0.717, 1.165) is 29.3 Å². The molecule has 196 valence electrons. The van der Waals surface area contributed by atoms with E-state index in [0.29, 0.717) is 24.0 Å². The van der Waals surface area contributed by atoms with Crippen LogP contribution in [0.4, 0.5) is 23.5 Å². The monoisotopic (exact) mass is 543 g/mol. The lowest BCUT2D eigenvalue weighted by Gasteiger charge is -2.21. The number of hydrogen-bond acceptors (Lipinski definition) is 5. The van der Waals surface area contributed by atoms with Gasteiger partial charge in [0.05, 0.1) is 17.6 Å². The third-order valence-electron chi connectivity index (χ3n) is 6.50. The van der Waals surface area contributed by atoms with Gasteiger partial charge in [0.1, 0.15) is 11.6 Å². The number of sulfonamides is 1. The number of halogens is 4. The van der Waals surface area contributed by atoms with Crippen molar-refractivity contribution in [3.63, 3.8) is 0 Å². The molecule has 5 rings (SSSR count). The molecule has 1 aromatic heterocycles. The fourth-order valence-electron chi connectivity index (χ4n) is 4.77. The Kier molecular flexibility index (Phi) is 6.56. The van der Waals surface area contributed by atoms with E-state index in [1.807, 2.05) is 0 Å². The van der Waals surface area contributed by atoms with E-state index in [-0.39, 0.29) is 28.1 Å². The summed E-state index contributed by atoms with van der Waals surface area (Å²) in [4.78, 5) is 7.79. The number of aromatic nitrogens is 2. The minimum absolute atomic E-state index is 0.0252. The molecule has 1 aliphatic carbocycles. The number of alkyl halides is 3. The number of fused-ring (bicyclic) bond motifs is 1. The van der Waals surface area contributed by atoms with E-state index in [4.69, 9.17) is 4.74 Å². The van der Waals surface area contributed by atoms with Crippen LogP contribution in [0.5, 0.6) is 5.75 Å². The van der Waals surface area contributed by atoms with Crippen molar-refractivity contribution in [2.45, 2.75) is 29.8 Å². The molecule has 1 heterocycles. The highest BCUT2D eigenvalue weighted by Gasteiger charge is 2.34. The first kappa shape index (κ1) is 25.7. The number of hydrogen-bond donors (Lipinski definition) is 1. The first-order chi connectivity index (χ1) is 18.1. The predicted molar refractivity (Wildman–Crippen MR) is 133 cm³/mol. The zero-order valence-electron chi connectivity index (χ0n) is 20.0. The third-order valence-corrected chi connectivity index (χ3v) is 7.83. The van der Waals surface area contributed by atoms with Crippen molar-refractivity contribution < 1.29 is 30.7 Å². The largest absolute Gasteiger partial charge is 0.496 e. The van der Waals surface area contributed by atoms with E-state index in [2.05, 4.69) is 14.7 Å². The summed E-state index contributed by atoms with van der Waals surface area (Å²) in [5.41, 5.74) is 1.94. The summed E-state index contributed by atoms with van der Waals surface area (Å²) >= 11 is 0. The Bertz CT molecular complexity index is 1610. The highest BCUT2D eigenvalue weighted by molar-refractivity contribution is 7.92. The zero-order chi connectivity index (χ0) is 27.1. The summed E-state index contributed by atoms with van der Waals surface area (Å²) in [5, 5.41) is 0. The Hall–Kier alpha value is -3.99. The van der Waals surface area contributed by atoms with Gasteiger partial charge in [-0.15, -0.1) is 0 Å². The second-order valence-electron chi connectivity index (χ2n) is 8.77.